The number of hydrogen-bond donors (Lipinski definition) is 3. The number of anilines is 1. The fourth-order valence-corrected chi connectivity index (χ4v) is 5.38. The number of thioether (sulfide) groups is 1. The van der Waals surface area contributed by atoms with Gasteiger partial charge >= 0.3 is 0 Å². The van der Waals surface area contributed by atoms with Crippen LogP contribution in [0.25, 0.3) is 0 Å². The van der Waals surface area contributed by atoms with Crippen LogP contribution in [0.4, 0.5) is 5.69 Å². The molecule has 1 saturated heterocycles. The van der Waals surface area contributed by atoms with Crippen molar-refractivity contribution in [2.75, 3.05) is 17.2 Å². The summed E-state index contributed by atoms with van der Waals surface area (Å²) in [6, 6.07) is 14.9. The predicted octanol–water partition coefficient (Wildman–Crippen LogP) is 4.75. The van der Waals surface area contributed by atoms with Gasteiger partial charge in [-0.05, 0) is 68.3 Å². The van der Waals surface area contributed by atoms with Crippen molar-refractivity contribution >= 4 is 33.4 Å². The van der Waals surface area contributed by atoms with Gasteiger partial charge in [-0.15, -0.1) is 0 Å². The highest BCUT2D eigenvalue weighted by molar-refractivity contribution is 9.10. The number of benzene rings is 2. The van der Waals surface area contributed by atoms with E-state index in [-0.39, 0.29) is 23.5 Å². The van der Waals surface area contributed by atoms with Crippen LogP contribution in [0.15, 0.2) is 46.9 Å². The number of halogens is 1. The van der Waals surface area contributed by atoms with Crippen LogP contribution in [0.5, 0.6) is 0 Å². The molecule has 0 saturated carbocycles. The molecular formula is C23H31BrN2OS. The average Bonchev–Trinajstić information content (AvgIpc) is 2.65. The van der Waals surface area contributed by atoms with Crippen LogP contribution >= 0.6 is 27.7 Å². The number of nitrogen functional groups attached to an aromatic ring is 1. The van der Waals surface area contributed by atoms with Gasteiger partial charge in [-0.2, -0.15) is 11.8 Å². The lowest BCUT2D eigenvalue weighted by molar-refractivity contribution is 0.0809. The molecular weight excluding hydrogens is 432 g/mol. The van der Waals surface area contributed by atoms with E-state index in [1.807, 2.05) is 17.8 Å². The summed E-state index contributed by atoms with van der Waals surface area (Å²) in [4.78, 5) is 0. The van der Waals surface area contributed by atoms with Crippen LogP contribution in [0.2, 0.25) is 0 Å². The van der Waals surface area contributed by atoms with Gasteiger partial charge in [-0.25, -0.2) is 0 Å². The lowest BCUT2D eigenvalue weighted by Gasteiger charge is -2.35. The zero-order valence-electron chi connectivity index (χ0n) is 16.9. The van der Waals surface area contributed by atoms with Gasteiger partial charge < -0.3 is 16.2 Å². The first-order valence-electron chi connectivity index (χ1n) is 9.86. The van der Waals surface area contributed by atoms with E-state index in [0.717, 1.165) is 34.6 Å². The largest absolute Gasteiger partial charge is 0.398 e. The zero-order valence-corrected chi connectivity index (χ0v) is 19.3. The molecule has 1 aliphatic rings. The van der Waals surface area contributed by atoms with E-state index in [1.165, 1.54) is 16.7 Å². The lowest BCUT2D eigenvalue weighted by Crippen LogP contribution is -2.49. The fourth-order valence-electron chi connectivity index (χ4n) is 3.63. The summed E-state index contributed by atoms with van der Waals surface area (Å²) in [5.41, 5.74) is 10.6. The van der Waals surface area contributed by atoms with Gasteiger partial charge in [0, 0.05) is 28.5 Å². The Bertz CT molecular complexity index is 805. The number of rotatable bonds is 5. The van der Waals surface area contributed by atoms with Crippen molar-refractivity contribution in [3.05, 3.63) is 63.6 Å². The van der Waals surface area contributed by atoms with Crippen molar-refractivity contribution in [1.29, 1.82) is 0 Å². The topological polar surface area (TPSA) is 58.3 Å². The average molecular weight is 463 g/mol. The Morgan fingerprint density at radius 1 is 1.14 bits per heavy atom. The summed E-state index contributed by atoms with van der Waals surface area (Å²) in [5.74, 6) is 2.18. The van der Waals surface area contributed by atoms with Gasteiger partial charge in [0.05, 0.1) is 6.10 Å². The highest BCUT2D eigenvalue weighted by atomic mass is 79.9. The van der Waals surface area contributed by atoms with Crippen LogP contribution in [0, 0.1) is 5.92 Å². The second-order valence-electron chi connectivity index (χ2n) is 8.79. The molecule has 28 heavy (non-hydrogen) atoms. The highest BCUT2D eigenvalue weighted by Gasteiger charge is 2.32. The van der Waals surface area contributed by atoms with E-state index in [1.54, 1.807) is 0 Å². The van der Waals surface area contributed by atoms with Crippen molar-refractivity contribution < 1.29 is 5.11 Å². The summed E-state index contributed by atoms with van der Waals surface area (Å²) < 4.78 is 0.927. The van der Waals surface area contributed by atoms with Gasteiger partial charge in [0.15, 0.2) is 0 Å². The van der Waals surface area contributed by atoms with Crippen LogP contribution in [0.1, 0.15) is 37.5 Å². The Kier molecular flexibility index (Phi) is 7.13. The van der Waals surface area contributed by atoms with Crippen molar-refractivity contribution in [3.63, 3.8) is 0 Å². The molecule has 1 fully saturated rings. The first-order valence-corrected chi connectivity index (χ1v) is 11.8. The van der Waals surface area contributed by atoms with Crippen molar-refractivity contribution in [3.8, 4) is 0 Å². The zero-order chi connectivity index (χ0) is 20.3. The van der Waals surface area contributed by atoms with Crippen molar-refractivity contribution in [2.45, 2.75) is 51.3 Å². The number of nitrogens with two attached hydrogens (primary N) is 1. The smallest absolute Gasteiger partial charge is 0.0740 e. The Balaban J connectivity index is 1.61. The predicted molar refractivity (Wildman–Crippen MR) is 125 cm³/mol. The minimum absolute atomic E-state index is 0.110. The Hall–Kier alpha value is -1.01. The van der Waals surface area contributed by atoms with Crippen LogP contribution in [-0.2, 0) is 18.4 Å². The van der Waals surface area contributed by atoms with Gasteiger partial charge in [-0.1, -0.05) is 51.1 Å². The highest BCUT2D eigenvalue weighted by Crippen LogP contribution is 2.29. The maximum Gasteiger partial charge on any atom is 0.0740 e. The summed E-state index contributed by atoms with van der Waals surface area (Å²) >= 11 is 5.43. The molecule has 3 rings (SSSR count). The van der Waals surface area contributed by atoms with E-state index in [4.69, 9.17) is 5.73 Å². The molecule has 5 heteroatoms. The molecule has 4 N–H and O–H groups in total. The Labute approximate surface area is 181 Å². The minimum Gasteiger partial charge on any atom is -0.398 e. The van der Waals surface area contributed by atoms with E-state index in [2.05, 4.69) is 78.4 Å². The summed E-state index contributed by atoms with van der Waals surface area (Å²) in [6.45, 7) is 7.50. The third kappa shape index (κ3) is 5.53. The monoisotopic (exact) mass is 462 g/mol. The molecule has 152 valence electrons. The van der Waals surface area contributed by atoms with Gasteiger partial charge in [0.1, 0.15) is 0 Å². The maximum atomic E-state index is 11.0. The molecule has 0 aromatic heterocycles. The molecule has 2 aromatic carbocycles. The number of aliphatic hydroxyl groups is 1. The van der Waals surface area contributed by atoms with E-state index < -0.39 is 0 Å². The van der Waals surface area contributed by atoms with Crippen LogP contribution in [-0.4, -0.2) is 28.8 Å². The second-order valence-corrected chi connectivity index (χ2v) is 10.7. The fraction of sp³-hybridized carbons (Fsp3) is 0.478. The molecule has 1 heterocycles. The van der Waals surface area contributed by atoms with Gasteiger partial charge in [0.25, 0.3) is 0 Å². The SMILES string of the molecule is CC(C)(C)c1cccc(CN[C@@H]2CSC[C@@H](Cc3ccc(N)c(Br)c3)[C@H]2O)c1. The van der Waals surface area contributed by atoms with Crippen LogP contribution in [0.3, 0.4) is 0 Å². The molecule has 2 aromatic rings. The molecule has 0 radical (unpaired) electrons. The number of aliphatic hydroxyl groups excluding tert-OH is 1. The molecule has 0 unspecified atom stereocenters. The molecule has 1 aliphatic heterocycles. The molecule has 0 amide bonds. The Morgan fingerprint density at radius 2 is 1.93 bits per heavy atom. The molecule has 0 spiro atoms. The second kappa shape index (κ2) is 9.21. The third-order valence-electron chi connectivity index (χ3n) is 5.45. The normalized spacial score (nSPS) is 23.0. The van der Waals surface area contributed by atoms with Crippen molar-refractivity contribution in [2.24, 2.45) is 5.92 Å². The summed E-state index contributed by atoms with van der Waals surface area (Å²) in [5, 5.41) is 14.6. The first kappa shape index (κ1) is 21.7. The minimum atomic E-state index is -0.344. The molecule has 3 atom stereocenters. The first-order chi connectivity index (χ1) is 13.2. The van der Waals surface area contributed by atoms with E-state index >= 15 is 0 Å². The van der Waals surface area contributed by atoms with Crippen molar-refractivity contribution in [1.82, 2.24) is 5.32 Å². The standard InChI is InChI=1S/C23H31BrN2OS/c1-23(2,3)18-6-4-5-16(10-18)12-26-21-14-28-13-17(22(21)27)9-15-7-8-20(25)19(24)11-15/h4-8,10-11,17,21-22,26-27H,9,12-14,25H2,1-3H3/t17-,21-,22-/m1/s1. The summed E-state index contributed by atoms with van der Waals surface area (Å²) in [6.07, 6.45) is 0.522. The quantitative estimate of drug-likeness (QED) is 0.560. The molecule has 0 bridgehead atoms. The van der Waals surface area contributed by atoms with Gasteiger partial charge in [-0.3, -0.25) is 0 Å². The molecule has 3 nitrogen and oxygen atoms in total. The van der Waals surface area contributed by atoms with E-state index in [0.29, 0.717) is 0 Å². The third-order valence-corrected chi connectivity index (χ3v) is 7.39. The van der Waals surface area contributed by atoms with Gasteiger partial charge in [0.2, 0.25) is 0 Å². The number of nitrogens with one attached hydrogen (secondary N) is 1. The van der Waals surface area contributed by atoms with Crippen LogP contribution < -0.4 is 11.1 Å². The Morgan fingerprint density at radius 3 is 2.64 bits per heavy atom. The summed E-state index contributed by atoms with van der Waals surface area (Å²) in [7, 11) is 0. The lowest BCUT2D eigenvalue weighted by atomic mass is 9.86. The molecule has 0 aliphatic carbocycles. The maximum absolute atomic E-state index is 11.0. The van der Waals surface area contributed by atoms with E-state index in [9.17, 15) is 5.11 Å². The number of hydrogen-bond acceptors (Lipinski definition) is 4.